The summed E-state index contributed by atoms with van der Waals surface area (Å²) in [6.07, 6.45) is 4.39. The molecule has 0 aromatic carbocycles. The summed E-state index contributed by atoms with van der Waals surface area (Å²) in [7, 11) is -2.84. The second kappa shape index (κ2) is 4.16. The van der Waals surface area contributed by atoms with Crippen molar-refractivity contribution in [3.05, 3.63) is 12.4 Å². The third-order valence-electron chi connectivity index (χ3n) is 3.02. The Hall–Kier alpha value is -1.77. The summed E-state index contributed by atoms with van der Waals surface area (Å²) in [4.78, 5) is 4.04. The van der Waals surface area contributed by atoms with Crippen LogP contribution in [0.25, 0.3) is 5.65 Å². The van der Waals surface area contributed by atoms with Crippen LogP contribution in [0.4, 0.5) is 5.82 Å². The van der Waals surface area contributed by atoms with E-state index < -0.39 is 9.84 Å². The van der Waals surface area contributed by atoms with Crippen molar-refractivity contribution in [2.45, 2.75) is 18.9 Å². The first-order valence-corrected chi connectivity index (χ1v) is 7.45. The lowest BCUT2D eigenvalue weighted by Crippen LogP contribution is -2.32. The van der Waals surface area contributed by atoms with Gasteiger partial charge in [-0.1, -0.05) is 0 Å². The molecule has 2 aromatic heterocycles. The Morgan fingerprint density at radius 1 is 1.28 bits per heavy atom. The molecule has 3 rings (SSSR count). The molecule has 1 aliphatic rings. The van der Waals surface area contributed by atoms with Crippen molar-refractivity contribution in [2.75, 3.05) is 16.8 Å². The zero-order valence-corrected chi connectivity index (χ0v) is 10.3. The average molecular weight is 268 g/mol. The molecular weight excluding hydrogens is 256 g/mol. The molecule has 0 radical (unpaired) electrons. The SMILES string of the molecule is O=S1(=O)CCC(Nc2cncc3nnnn23)CC1. The molecule has 9 heteroatoms. The fourth-order valence-corrected chi connectivity index (χ4v) is 3.51. The van der Waals surface area contributed by atoms with Crippen LogP contribution in [0.5, 0.6) is 0 Å². The van der Waals surface area contributed by atoms with E-state index in [1.54, 1.807) is 16.9 Å². The average Bonchev–Trinajstić information content (AvgIpc) is 2.81. The fraction of sp³-hybridized carbons (Fsp3) is 0.556. The van der Waals surface area contributed by atoms with Crippen LogP contribution in [0.3, 0.4) is 0 Å². The lowest BCUT2D eigenvalue weighted by atomic mass is 10.1. The van der Waals surface area contributed by atoms with Crippen LogP contribution in [0.1, 0.15) is 12.8 Å². The number of aromatic nitrogens is 5. The maximum absolute atomic E-state index is 11.3. The van der Waals surface area contributed by atoms with Crippen molar-refractivity contribution in [3.8, 4) is 0 Å². The van der Waals surface area contributed by atoms with Crippen LogP contribution in [0.15, 0.2) is 12.4 Å². The normalized spacial score (nSPS) is 20.0. The first kappa shape index (κ1) is 11.3. The molecule has 2 aromatic rings. The number of tetrazole rings is 1. The molecule has 1 aliphatic heterocycles. The second-order valence-electron chi connectivity index (χ2n) is 4.31. The highest BCUT2D eigenvalue weighted by Gasteiger charge is 2.24. The van der Waals surface area contributed by atoms with Gasteiger partial charge in [-0.05, 0) is 23.3 Å². The summed E-state index contributed by atoms with van der Waals surface area (Å²) in [6.45, 7) is 0. The summed E-state index contributed by atoms with van der Waals surface area (Å²) in [5.74, 6) is 1.13. The first-order valence-electron chi connectivity index (χ1n) is 5.63. The number of anilines is 1. The van der Waals surface area contributed by atoms with Gasteiger partial charge in [-0.25, -0.2) is 8.42 Å². The van der Waals surface area contributed by atoms with Crippen molar-refractivity contribution < 1.29 is 8.42 Å². The Balaban J connectivity index is 1.79. The number of sulfone groups is 1. The quantitative estimate of drug-likeness (QED) is 0.783. The fourth-order valence-electron chi connectivity index (χ4n) is 2.02. The monoisotopic (exact) mass is 268 g/mol. The molecule has 18 heavy (non-hydrogen) atoms. The van der Waals surface area contributed by atoms with Crippen molar-refractivity contribution in [3.63, 3.8) is 0 Å². The molecule has 0 aliphatic carbocycles. The summed E-state index contributed by atoms with van der Waals surface area (Å²) in [5, 5.41) is 14.5. The summed E-state index contributed by atoms with van der Waals surface area (Å²) in [6, 6.07) is 0.116. The standard InChI is InChI=1S/C9H12N6O2S/c16-18(17)3-1-7(2-4-18)11-8-5-10-6-9-12-13-14-15(8)9/h5-7,11H,1-4H2. The minimum Gasteiger partial charge on any atom is -0.366 e. The van der Waals surface area contributed by atoms with Gasteiger partial charge < -0.3 is 5.32 Å². The topological polar surface area (TPSA) is 102 Å². The van der Waals surface area contributed by atoms with Crippen molar-refractivity contribution in [1.29, 1.82) is 0 Å². The highest BCUT2D eigenvalue weighted by molar-refractivity contribution is 7.91. The molecule has 1 saturated heterocycles. The van der Waals surface area contributed by atoms with Crippen LogP contribution in [-0.4, -0.2) is 51.0 Å². The highest BCUT2D eigenvalue weighted by Crippen LogP contribution is 2.17. The highest BCUT2D eigenvalue weighted by atomic mass is 32.2. The van der Waals surface area contributed by atoms with Crippen LogP contribution in [0, 0.1) is 0 Å². The van der Waals surface area contributed by atoms with E-state index in [4.69, 9.17) is 0 Å². The zero-order chi connectivity index (χ0) is 12.6. The molecular formula is C9H12N6O2S. The number of fused-ring (bicyclic) bond motifs is 1. The van der Waals surface area contributed by atoms with E-state index in [1.165, 1.54) is 0 Å². The van der Waals surface area contributed by atoms with Gasteiger partial charge in [0.15, 0.2) is 11.5 Å². The molecule has 0 amide bonds. The van der Waals surface area contributed by atoms with Crippen LogP contribution in [-0.2, 0) is 9.84 Å². The summed E-state index contributed by atoms with van der Waals surface area (Å²) < 4.78 is 24.2. The van der Waals surface area contributed by atoms with E-state index in [9.17, 15) is 8.42 Å². The lowest BCUT2D eigenvalue weighted by molar-refractivity contribution is 0.558. The van der Waals surface area contributed by atoms with Crippen molar-refractivity contribution >= 4 is 21.3 Å². The van der Waals surface area contributed by atoms with Crippen molar-refractivity contribution in [2.24, 2.45) is 0 Å². The smallest absolute Gasteiger partial charge is 0.199 e. The molecule has 0 bridgehead atoms. The van der Waals surface area contributed by atoms with Crippen LogP contribution in [0.2, 0.25) is 0 Å². The van der Waals surface area contributed by atoms with E-state index in [-0.39, 0.29) is 17.5 Å². The maximum Gasteiger partial charge on any atom is 0.199 e. The van der Waals surface area contributed by atoms with Gasteiger partial charge in [-0.3, -0.25) is 4.98 Å². The third kappa shape index (κ3) is 2.13. The number of rotatable bonds is 2. The molecule has 8 nitrogen and oxygen atoms in total. The first-order chi connectivity index (χ1) is 8.64. The Kier molecular flexibility index (Phi) is 2.62. The number of nitrogens with zero attached hydrogens (tertiary/aromatic N) is 5. The Morgan fingerprint density at radius 2 is 2.06 bits per heavy atom. The van der Waals surface area contributed by atoms with Gasteiger partial charge in [0.1, 0.15) is 9.84 Å². The van der Waals surface area contributed by atoms with Crippen LogP contribution < -0.4 is 5.32 Å². The number of nitrogens with one attached hydrogen (secondary N) is 1. The molecule has 3 heterocycles. The van der Waals surface area contributed by atoms with Gasteiger partial charge in [-0.2, -0.15) is 4.52 Å². The van der Waals surface area contributed by atoms with E-state index in [0.717, 1.165) is 0 Å². The third-order valence-corrected chi connectivity index (χ3v) is 4.73. The van der Waals surface area contributed by atoms with Gasteiger partial charge in [0.05, 0.1) is 23.9 Å². The Morgan fingerprint density at radius 3 is 2.83 bits per heavy atom. The second-order valence-corrected chi connectivity index (χ2v) is 6.62. The number of hydrogen-bond donors (Lipinski definition) is 1. The van der Waals surface area contributed by atoms with E-state index >= 15 is 0 Å². The molecule has 0 atom stereocenters. The van der Waals surface area contributed by atoms with Gasteiger partial charge >= 0.3 is 0 Å². The minimum absolute atomic E-state index is 0.116. The molecule has 1 N–H and O–H groups in total. The minimum atomic E-state index is -2.84. The van der Waals surface area contributed by atoms with Gasteiger partial charge in [0, 0.05) is 6.04 Å². The molecule has 1 fully saturated rings. The lowest BCUT2D eigenvalue weighted by Gasteiger charge is -2.23. The summed E-state index contributed by atoms with van der Waals surface area (Å²) >= 11 is 0. The zero-order valence-electron chi connectivity index (χ0n) is 9.52. The van der Waals surface area contributed by atoms with Gasteiger partial charge in [0.2, 0.25) is 0 Å². The molecule has 0 saturated carbocycles. The largest absolute Gasteiger partial charge is 0.366 e. The molecule has 0 unspecified atom stereocenters. The van der Waals surface area contributed by atoms with E-state index in [2.05, 4.69) is 25.8 Å². The van der Waals surface area contributed by atoms with E-state index in [0.29, 0.717) is 24.3 Å². The van der Waals surface area contributed by atoms with Gasteiger partial charge in [-0.15, -0.1) is 5.10 Å². The molecule has 0 spiro atoms. The van der Waals surface area contributed by atoms with Crippen LogP contribution >= 0.6 is 0 Å². The predicted molar refractivity (Wildman–Crippen MR) is 63.9 cm³/mol. The van der Waals surface area contributed by atoms with E-state index in [1.807, 2.05) is 0 Å². The van der Waals surface area contributed by atoms with Crippen molar-refractivity contribution in [1.82, 2.24) is 25.0 Å². The van der Waals surface area contributed by atoms with Gasteiger partial charge in [0.25, 0.3) is 0 Å². The Bertz CT molecular complexity index is 653. The Labute approximate surface area is 103 Å². The number of hydrogen-bond acceptors (Lipinski definition) is 7. The maximum atomic E-state index is 11.3. The predicted octanol–water partition coefficient (Wildman–Crippen LogP) is -0.492. The molecule has 96 valence electrons. The summed E-state index contributed by atoms with van der Waals surface area (Å²) in [5.41, 5.74) is 0.559.